The molecule has 1 fully saturated rings. The monoisotopic (exact) mass is 298 g/mol. The molecule has 22 heavy (non-hydrogen) atoms. The van der Waals surface area contributed by atoms with Crippen molar-refractivity contribution in [2.45, 2.75) is 38.1 Å². The first-order chi connectivity index (χ1) is 10.8. The first-order valence-corrected chi connectivity index (χ1v) is 8.04. The summed E-state index contributed by atoms with van der Waals surface area (Å²) in [7, 11) is 1.73. The zero-order chi connectivity index (χ0) is 15.6. The van der Waals surface area contributed by atoms with Crippen molar-refractivity contribution < 1.29 is 4.74 Å². The highest BCUT2D eigenvalue weighted by Gasteiger charge is 2.13. The highest BCUT2D eigenvalue weighted by atomic mass is 16.5. The van der Waals surface area contributed by atoms with E-state index in [-0.39, 0.29) is 0 Å². The summed E-state index contributed by atoms with van der Waals surface area (Å²) >= 11 is 0. The van der Waals surface area contributed by atoms with Crippen LogP contribution >= 0.6 is 0 Å². The summed E-state index contributed by atoms with van der Waals surface area (Å²) in [4.78, 5) is 4.07. The van der Waals surface area contributed by atoms with Crippen LogP contribution in [0, 0.1) is 0 Å². The van der Waals surface area contributed by atoms with E-state index in [1.807, 2.05) is 18.2 Å². The van der Waals surface area contributed by atoms with Crippen molar-refractivity contribution in [3.8, 4) is 0 Å². The second kappa shape index (κ2) is 9.21. The summed E-state index contributed by atoms with van der Waals surface area (Å²) in [5.41, 5.74) is 2.20. The molecule has 1 aliphatic rings. The van der Waals surface area contributed by atoms with Crippen molar-refractivity contribution in [3.63, 3.8) is 0 Å². The second-order valence-electron chi connectivity index (χ2n) is 5.62. The SMILES string of the molecule is C=C/C=C(\C=C(\CNC1CCCCC1)OC)c1ccncc1. The molecule has 3 nitrogen and oxygen atoms in total. The van der Waals surface area contributed by atoms with E-state index in [2.05, 4.69) is 23.0 Å². The molecular formula is C19H26N2O. The van der Waals surface area contributed by atoms with Crippen LogP contribution in [0.1, 0.15) is 37.7 Å². The molecule has 1 aromatic rings. The molecule has 1 aliphatic carbocycles. The predicted molar refractivity (Wildman–Crippen MR) is 92.4 cm³/mol. The Bertz CT molecular complexity index is 513. The van der Waals surface area contributed by atoms with Gasteiger partial charge in [-0.15, -0.1) is 0 Å². The zero-order valence-electron chi connectivity index (χ0n) is 13.4. The van der Waals surface area contributed by atoms with E-state index in [0.29, 0.717) is 6.04 Å². The summed E-state index contributed by atoms with van der Waals surface area (Å²) < 4.78 is 5.55. The molecule has 0 unspecified atom stereocenters. The maximum absolute atomic E-state index is 5.55. The van der Waals surface area contributed by atoms with E-state index in [4.69, 9.17) is 4.74 Å². The van der Waals surface area contributed by atoms with Crippen LogP contribution in [0.3, 0.4) is 0 Å². The van der Waals surface area contributed by atoms with Gasteiger partial charge in [-0.1, -0.05) is 38.0 Å². The molecular weight excluding hydrogens is 272 g/mol. The van der Waals surface area contributed by atoms with Gasteiger partial charge in [-0.25, -0.2) is 0 Å². The van der Waals surface area contributed by atoms with Gasteiger partial charge in [0.2, 0.25) is 0 Å². The van der Waals surface area contributed by atoms with Crippen LogP contribution in [0.5, 0.6) is 0 Å². The van der Waals surface area contributed by atoms with Gasteiger partial charge in [-0.3, -0.25) is 4.98 Å². The van der Waals surface area contributed by atoms with E-state index in [1.54, 1.807) is 25.6 Å². The summed E-state index contributed by atoms with van der Waals surface area (Å²) in [6.07, 6.45) is 16.1. The Kier molecular flexibility index (Phi) is 6.91. The Morgan fingerprint density at radius 1 is 1.32 bits per heavy atom. The number of aromatic nitrogens is 1. The van der Waals surface area contributed by atoms with Gasteiger partial charge in [-0.2, -0.15) is 0 Å². The molecule has 2 rings (SSSR count). The molecule has 0 atom stereocenters. The maximum atomic E-state index is 5.55. The van der Waals surface area contributed by atoms with Crippen molar-refractivity contribution in [3.05, 3.63) is 60.7 Å². The standard InChI is InChI=1S/C19H26N2O/c1-3-7-17(16-10-12-20-13-11-16)14-19(22-2)15-21-18-8-5-4-6-9-18/h3,7,10-14,18,21H,1,4-6,8-9,15H2,2H3/b17-7+,19-14-. The number of hydrogen-bond acceptors (Lipinski definition) is 3. The third-order valence-electron chi connectivity index (χ3n) is 4.06. The lowest BCUT2D eigenvalue weighted by Crippen LogP contribution is -2.32. The molecule has 0 saturated heterocycles. The Morgan fingerprint density at radius 3 is 2.68 bits per heavy atom. The molecule has 1 N–H and O–H groups in total. The fraction of sp³-hybridized carbons (Fsp3) is 0.421. The molecule has 3 heteroatoms. The number of allylic oxidation sites excluding steroid dienone is 4. The van der Waals surface area contributed by atoms with Crippen LogP contribution in [0.25, 0.3) is 5.57 Å². The highest BCUT2D eigenvalue weighted by molar-refractivity contribution is 5.75. The van der Waals surface area contributed by atoms with Gasteiger partial charge in [0.05, 0.1) is 13.7 Å². The summed E-state index contributed by atoms with van der Waals surface area (Å²) in [5.74, 6) is 0.940. The Balaban J connectivity index is 2.04. The second-order valence-corrected chi connectivity index (χ2v) is 5.62. The Morgan fingerprint density at radius 2 is 2.05 bits per heavy atom. The van der Waals surface area contributed by atoms with Crippen molar-refractivity contribution in [2.24, 2.45) is 0 Å². The van der Waals surface area contributed by atoms with E-state index < -0.39 is 0 Å². The minimum atomic E-state index is 0.625. The number of methoxy groups -OCH3 is 1. The third-order valence-corrected chi connectivity index (χ3v) is 4.06. The summed E-state index contributed by atoms with van der Waals surface area (Å²) in [6, 6.07) is 4.61. The van der Waals surface area contributed by atoms with E-state index in [9.17, 15) is 0 Å². The van der Waals surface area contributed by atoms with Crippen molar-refractivity contribution in [2.75, 3.05) is 13.7 Å². The van der Waals surface area contributed by atoms with Crippen LogP contribution in [0.2, 0.25) is 0 Å². The van der Waals surface area contributed by atoms with Crippen LogP contribution < -0.4 is 5.32 Å². The van der Waals surface area contributed by atoms with Crippen LogP contribution in [-0.2, 0) is 4.74 Å². The maximum Gasteiger partial charge on any atom is 0.110 e. The molecule has 1 saturated carbocycles. The molecule has 0 amide bonds. The van der Waals surface area contributed by atoms with Gasteiger partial charge in [-0.05, 0) is 42.2 Å². The highest BCUT2D eigenvalue weighted by Crippen LogP contribution is 2.19. The van der Waals surface area contributed by atoms with Gasteiger partial charge < -0.3 is 10.1 Å². The van der Waals surface area contributed by atoms with E-state index in [1.165, 1.54) is 32.1 Å². The molecule has 1 heterocycles. The molecule has 0 aromatic carbocycles. The molecule has 0 aliphatic heterocycles. The molecule has 118 valence electrons. The molecule has 0 bridgehead atoms. The summed E-state index contributed by atoms with van der Waals surface area (Å²) in [5, 5.41) is 3.61. The topological polar surface area (TPSA) is 34.1 Å². The largest absolute Gasteiger partial charge is 0.500 e. The fourth-order valence-corrected chi connectivity index (χ4v) is 2.81. The number of hydrogen-bond donors (Lipinski definition) is 1. The minimum absolute atomic E-state index is 0.625. The van der Waals surface area contributed by atoms with Crippen molar-refractivity contribution in [1.82, 2.24) is 10.3 Å². The third kappa shape index (κ3) is 5.15. The van der Waals surface area contributed by atoms with Gasteiger partial charge in [0.25, 0.3) is 0 Å². The number of pyridine rings is 1. The van der Waals surface area contributed by atoms with Crippen molar-refractivity contribution >= 4 is 5.57 Å². The Hall–Kier alpha value is -1.87. The summed E-state index contributed by atoms with van der Waals surface area (Å²) in [6.45, 7) is 4.57. The van der Waals surface area contributed by atoms with Gasteiger partial charge in [0.1, 0.15) is 5.76 Å². The van der Waals surface area contributed by atoms with Crippen molar-refractivity contribution in [1.29, 1.82) is 0 Å². The number of ether oxygens (including phenoxy) is 1. The quantitative estimate of drug-likeness (QED) is 0.608. The lowest BCUT2D eigenvalue weighted by atomic mass is 9.95. The van der Waals surface area contributed by atoms with Crippen LogP contribution in [0.4, 0.5) is 0 Å². The number of rotatable bonds is 7. The molecule has 0 radical (unpaired) electrons. The predicted octanol–water partition coefficient (Wildman–Crippen LogP) is 4.10. The molecule has 1 aromatic heterocycles. The van der Waals surface area contributed by atoms with Crippen LogP contribution in [0.15, 0.2) is 55.1 Å². The Labute approximate surface area is 133 Å². The first-order valence-electron chi connectivity index (χ1n) is 8.04. The van der Waals surface area contributed by atoms with Gasteiger partial charge >= 0.3 is 0 Å². The average molecular weight is 298 g/mol. The minimum Gasteiger partial charge on any atom is -0.500 e. The van der Waals surface area contributed by atoms with Gasteiger partial charge in [0.15, 0.2) is 0 Å². The first kappa shape index (κ1) is 16.5. The normalized spacial score (nSPS) is 17.3. The van der Waals surface area contributed by atoms with E-state index in [0.717, 1.165) is 23.4 Å². The average Bonchev–Trinajstić information content (AvgIpc) is 2.59. The lowest BCUT2D eigenvalue weighted by Gasteiger charge is -2.23. The van der Waals surface area contributed by atoms with E-state index >= 15 is 0 Å². The number of nitrogens with zero attached hydrogens (tertiary/aromatic N) is 1. The zero-order valence-corrected chi connectivity index (χ0v) is 13.4. The smallest absolute Gasteiger partial charge is 0.110 e. The molecule has 0 spiro atoms. The lowest BCUT2D eigenvalue weighted by molar-refractivity contribution is 0.268. The number of nitrogens with one attached hydrogen (secondary N) is 1. The van der Waals surface area contributed by atoms with Crippen LogP contribution in [-0.4, -0.2) is 24.7 Å². The van der Waals surface area contributed by atoms with Gasteiger partial charge in [0, 0.05) is 18.4 Å². The fourth-order valence-electron chi connectivity index (χ4n) is 2.81.